The molecule has 1 atom stereocenters. The summed E-state index contributed by atoms with van der Waals surface area (Å²) < 4.78 is 1.28. The number of likely N-dealkylation sites (tertiary alicyclic amines) is 1. The molecule has 2 amide bonds. The third-order valence-electron chi connectivity index (χ3n) is 5.26. The molecule has 0 unspecified atom stereocenters. The number of hydrogen-bond donors (Lipinski definition) is 2. The van der Waals surface area contributed by atoms with Crippen molar-refractivity contribution in [3.63, 3.8) is 0 Å². The zero-order chi connectivity index (χ0) is 21.0. The lowest BCUT2D eigenvalue weighted by atomic mass is 10.0. The Balaban J connectivity index is 1.74. The molecule has 156 valence electrons. The van der Waals surface area contributed by atoms with Crippen LogP contribution in [0, 0.1) is 0 Å². The minimum atomic E-state index is -0.539. The summed E-state index contributed by atoms with van der Waals surface area (Å²) in [5.74, 6) is 0.440. The van der Waals surface area contributed by atoms with Gasteiger partial charge in [-0.05, 0) is 43.4 Å². The van der Waals surface area contributed by atoms with Gasteiger partial charge in [-0.15, -0.1) is 0 Å². The molecular formula is C20H26N4O4S. The number of carbonyl (C=O) groups is 2. The minimum Gasteiger partial charge on any atom is -0.345 e. The maximum absolute atomic E-state index is 12.9. The second-order valence-corrected chi connectivity index (χ2v) is 8.23. The van der Waals surface area contributed by atoms with Crippen LogP contribution < -0.4 is 16.6 Å². The number of hydrogen-bond acceptors (Lipinski definition) is 5. The van der Waals surface area contributed by atoms with Crippen LogP contribution in [0.4, 0.5) is 0 Å². The van der Waals surface area contributed by atoms with Gasteiger partial charge >= 0.3 is 5.69 Å². The van der Waals surface area contributed by atoms with Gasteiger partial charge in [-0.3, -0.25) is 19.0 Å². The van der Waals surface area contributed by atoms with E-state index in [1.165, 1.54) is 11.5 Å². The first kappa shape index (κ1) is 21.2. The Hall–Kier alpha value is -2.55. The molecule has 0 aliphatic carbocycles. The monoisotopic (exact) mass is 418 g/mol. The molecular weight excluding hydrogens is 392 g/mol. The van der Waals surface area contributed by atoms with E-state index >= 15 is 0 Å². The van der Waals surface area contributed by atoms with Gasteiger partial charge in [0.05, 0.1) is 10.9 Å². The topological polar surface area (TPSA) is 104 Å². The first-order chi connectivity index (χ1) is 13.9. The fourth-order valence-electron chi connectivity index (χ4n) is 3.81. The van der Waals surface area contributed by atoms with Crippen LogP contribution in [0.2, 0.25) is 0 Å². The molecule has 1 fully saturated rings. The van der Waals surface area contributed by atoms with Crippen LogP contribution in [-0.2, 0) is 9.59 Å². The van der Waals surface area contributed by atoms with Crippen molar-refractivity contribution in [2.75, 3.05) is 25.1 Å². The molecule has 2 heterocycles. The van der Waals surface area contributed by atoms with Crippen molar-refractivity contribution in [3.8, 4) is 0 Å². The Morgan fingerprint density at radius 2 is 1.93 bits per heavy atom. The van der Waals surface area contributed by atoms with E-state index in [-0.39, 0.29) is 23.4 Å². The highest BCUT2D eigenvalue weighted by atomic mass is 32.2. The highest BCUT2D eigenvalue weighted by Gasteiger charge is 2.30. The van der Waals surface area contributed by atoms with Gasteiger partial charge in [0.15, 0.2) is 0 Å². The van der Waals surface area contributed by atoms with Gasteiger partial charge in [-0.1, -0.05) is 12.1 Å². The second-order valence-electron chi connectivity index (χ2n) is 7.24. The molecule has 29 heavy (non-hydrogen) atoms. The van der Waals surface area contributed by atoms with Crippen molar-refractivity contribution in [2.45, 2.75) is 38.3 Å². The first-order valence-electron chi connectivity index (χ1n) is 9.70. The normalized spacial score (nSPS) is 16.0. The van der Waals surface area contributed by atoms with Crippen molar-refractivity contribution >= 4 is 34.5 Å². The molecule has 0 spiro atoms. The van der Waals surface area contributed by atoms with Crippen LogP contribution in [0.1, 0.15) is 32.2 Å². The summed E-state index contributed by atoms with van der Waals surface area (Å²) in [5.41, 5.74) is -0.196. The van der Waals surface area contributed by atoms with E-state index in [4.69, 9.17) is 0 Å². The number of amides is 2. The van der Waals surface area contributed by atoms with E-state index in [0.717, 1.165) is 5.75 Å². The third-order valence-corrected chi connectivity index (χ3v) is 5.91. The predicted molar refractivity (Wildman–Crippen MR) is 114 cm³/mol. The van der Waals surface area contributed by atoms with Crippen molar-refractivity contribution in [3.05, 3.63) is 45.1 Å². The van der Waals surface area contributed by atoms with Gasteiger partial charge < -0.3 is 15.2 Å². The summed E-state index contributed by atoms with van der Waals surface area (Å²) in [7, 11) is 0. The number of fused-ring (bicyclic) bond motifs is 1. The Labute approximate surface area is 172 Å². The van der Waals surface area contributed by atoms with Crippen LogP contribution in [0.5, 0.6) is 0 Å². The van der Waals surface area contributed by atoms with E-state index < -0.39 is 11.7 Å². The Morgan fingerprint density at radius 3 is 2.59 bits per heavy atom. The number of carbonyl (C=O) groups excluding carboxylic acids is 2. The number of para-hydroxylation sites is 1. The molecule has 0 saturated carbocycles. The number of H-pyrrole nitrogens is 1. The summed E-state index contributed by atoms with van der Waals surface area (Å²) in [5, 5.41) is 3.22. The third kappa shape index (κ3) is 4.72. The quantitative estimate of drug-likeness (QED) is 0.731. The standard InChI is InChI=1S/C20H26N4O4S/c1-13(25)21-17(9-12-29-2)19(27)23-10-7-14(8-11-23)24-18(26)15-5-3-4-6-16(15)22-20(24)28/h3-6,14,17H,7-12H2,1-2H3,(H,21,25)(H,22,28)/t17-/m0/s1. The highest BCUT2D eigenvalue weighted by Crippen LogP contribution is 2.21. The van der Waals surface area contributed by atoms with Crippen molar-refractivity contribution < 1.29 is 9.59 Å². The summed E-state index contributed by atoms with van der Waals surface area (Å²) in [4.78, 5) is 54.1. The zero-order valence-corrected chi connectivity index (χ0v) is 17.5. The number of aromatic amines is 1. The lowest BCUT2D eigenvalue weighted by molar-refractivity contribution is -0.137. The Bertz CT molecular complexity index is 1010. The largest absolute Gasteiger partial charge is 0.345 e. The second kappa shape index (κ2) is 9.30. The molecule has 8 nitrogen and oxygen atoms in total. The molecule has 1 aromatic heterocycles. The van der Waals surface area contributed by atoms with Crippen LogP contribution in [-0.4, -0.2) is 57.4 Å². The van der Waals surface area contributed by atoms with Crippen molar-refractivity contribution in [2.24, 2.45) is 0 Å². The zero-order valence-electron chi connectivity index (χ0n) is 16.6. The smallest absolute Gasteiger partial charge is 0.329 e. The average Bonchev–Trinajstić information content (AvgIpc) is 2.71. The van der Waals surface area contributed by atoms with Gasteiger partial charge in [0, 0.05) is 26.1 Å². The summed E-state index contributed by atoms with van der Waals surface area (Å²) in [6, 6.07) is 6.15. The number of aromatic nitrogens is 2. The average molecular weight is 419 g/mol. The molecule has 2 aromatic rings. The van der Waals surface area contributed by atoms with Gasteiger partial charge in [-0.25, -0.2) is 4.79 Å². The van der Waals surface area contributed by atoms with E-state index in [1.807, 2.05) is 6.26 Å². The van der Waals surface area contributed by atoms with Gasteiger partial charge in [-0.2, -0.15) is 11.8 Å². The molecule has 0 radical (unpaired) electrons. The molecule has 1 aliphatic rings. The Morgan fingerprint density at radius 1 is 1.24 bits per heavy atom. The molecule has 0 bridgehead atoms. The molecule has 1 aromatic carbocycles. The van der Waals surface area contributed by atoms with Crippen LogP contribution in [0.15, 0.2) is 33.9 Å². The Kier molecular flexibility index (Phi) is 6.79. The van der Waals surface area contributed by atoms with Crippen LogP contribution in [0.25, 0.3) is 10.9 Å². The number of rotatable bonds is 6. The number of nitrogens with one attached hydrogen (secondary N) is 2. The molecule has 1 aliphatic heterocycles. The number of nitrogens with zero attached hydrogens (tertiary/aromatic N) is 2. The number of benzene rings is 1. The van der Waals surface area contributed by atoms with Gasteiger partial charge in [0.2, 0.25) is 11.8 Å². The molecule has 3 rings (SSSR count). The predicted octanol–water partition coefficient (Wildman–Crippen LogP) is 1.11. The van der Waals surface area contributed by atoms with Crippen molar-refractivity contribution in [1.29, 1.82) is 0 Å². The fraction of sp³-hybridized carbons (Fsp3) is 0.500. The summed E-state index contributed by atoms with van der Waals surface area (Å²) in [6.07, 6.45) is 3.56. The van der Waals surface area contributed by atoms with E-state index in [1.54, 1.807) is 40.9 Å². The maximum atomic E-state index is 12.9. The molecule has 9 heteroatoms. The lowest BCUT2D eigenvalue weighted by Gasteiger charge is -2.34. The van der Waals surface area contributed by atoms with Gasteiger partial charge in [0.1, 0.15) is 6.04 Å². The molecule has 1 saturated heterocycles. The highest BCUT2D eigenvalue weighted by molar-refractivity contribution is 7.98. The van der Waals surface area contributed by atoms with E-state index in [2.05, 4.69) is 10.3 Å². The fourth-order valence-corrected chi connectivity index (χ4v) is 4.28. The molecule has 2 N–H and O–H groups in total. The first-order valence-corrected chi connectivity index (χ1v) is 11.1. The number of piperidine rings is 1. The summed E-state index contributed by atoms with van der Waals surface area (Å²) in [6.45, 7) is 2.29. The lowest BCUT2D eigenvalue weighted by Crippen LogP contribution is -2.51. The minimum absolute atomic E-state index is 0.104. The summed E-state index contributed by atoms with van der Waals surface area (Å²) >= 11 is 1.62. The van der Waals surface area contributed by atoms with Crippen LogP contribution >= 0.6 is 11.8 Å². The van der Waals surface area contributed by atoms with Gasteiger partial charge in [0.25, 0.3) is 5.56 Å². The van der Waals surface area contributed by atoms with Crippen molar-refractivity contribution in [1.82, 2.24) is 19.8 Å². The van der Waals surface area contributed by atoms with Crippen LogP contribution in [0.3, 0.4) is 0 Å². The van der Waals surface area contributed by atoms with E-state index in [0.29, 0.717) is 43.3 Å². The number of thioether (sulfide) groups is 1. The SMILES string of the molecule is CSCC[C@H](NC(C)=O)C(=O)N1CCC(n2c(=O)[nH]c3ccccc3c2=O)CC1. The maximum Gasteiger partial charge on any atom is 0.329 e. The van der Waals surface area contributed by atoms with E-state index in [9.17, 15) is 19.2 Å².